The van der Waals surface area contributed by atoms with Crippen LogP contribution in [0.15, 0.2) is 48.5 Å². The van der Waals surface area contributed by atoms with Gasteiger partial charge in [0.25, 0.3) is 0 Å². The van der Waals surface area contributed by atoms with Crippen molar-refractivity contribution in [3.8, 4) is 11.5 Å². The van der Waals surface area contributed by atoms with Crippen LogP contribution in [0, 0.1) is 5.92 Å². The van der Waals surface area contributed by atoms with Crippen molar-refractivity contribution in [1.29, 1.82) is 0 Å². The molecule has 0 saturated carbocycles. The third kappa shape index (κ3) is 4.88. The minimum Gasteiger partial charge on any atom is -0.457 e. The minimum absolute atomic E-state index is 0.0516. The molecule has 2 aromatic rings. The molecule has 0 aliphatic heterocycles. The predicted octanol–water partition coefficient (Wildman–Crippen LogP) is 3.72. The first-order valence-electron chi connectivity index (χ1n) is 7.35. The van der Waals surface area contributed by atoms with Gasteiger partial charge in [0.2, 0.25) is 0 Å². The molecule has 3 heteroatoms. The normalized spacial score (nSPS) is 10.9. The predicted molar refractivity (Wildman–Crippen MR) is 85.4 cm³/mol. The zero-order valence-corrected chi connectivity index (χ0v) is 12.7. The van der Waals surface area contributed by atoms with Crippen molar-refractivity contribution in [2.24, 2.45) is 5.92 Å². The fraction of sp³-hybridized carbons (Fsp3) is 0.333. The van der Waals surface area contributed by atoms with E-state index in [4.69, 9.17) is 9.84 Å². The van der Waals surface area contributed by atoms with E-state index in [9.17, 15) is 0 Å². The summed E-state index contributed by atoms with van der Waals surface area (Å²) in [5.74, 6) is 2.28. The van der Waals surface area contributed by atoms with Gasteiger partial charge in [0.15, 0.2) is 0 Å². The molecule has 21 heavy (non-hydrogen) atoms. The smallest absolute Gasteiger partial charge is 0.131 e. The van der Waals surface area contributed by atoms with Crippen LogP contribution in [0.25, 0.3) is 0 Å². The van der Waals surface area contributed by atoms with E-state index in [0.29, 0.717) is 5.92 Å². The number of benzene rings is 2. The lowest BCUT2D eigenvalue weighted by molar-refractivity contribution is 0.281. The van der Waals surface area contributed by atoms with E-state index >= 15 is 0 Å². The number of para-hydroxylation sites is 1. The van der Waals surface area contributed by atoms with Crippen molar-refractivity contribution in [2.75, 3.05) is 6.54 Å². The highest BCUT2D eigenvalue weighted by atomic mass is 16.5. The van der Waals surface area contributed by atoms with Crippen LogP contribution in [0.3, 0.4) is 0 Å². The first-order chi connectivity index (χ1) is 10.2. The molecule has 0 saturated heterocycles. The average Bonchev–Trinajstić information content (AvgIpc) is 2.49. The molecule has 2 aromatic carbocycles. The van der Waals surface area contributed by atoms with Gasteiger partial charge in [-0.15, -0.1) is 0 Å². The Morgan fingerprint density at radius 3 is 2.43 bits per heavy atom. The third-order valence-electron chi connectivity index (χ3n) is 3.17. The van der Waals surface area contributed by atoms with Crippen LogP contribution in [0.4, 0.5) is 0 Å². The Bertz CT molecular complexity index is 549. The summed E-state index contributed by atoms with van der Waals surface area (Å²) >= 11 is 0. The molecule has 0 radical (unpaired) electrons. The average molecular weight is 285 g/mol. The molecule has 112 valence electrons. The molecular weight excluding hydrogens is 262 g/mol. The summed E-state index contributed by atoms with van der Waals surface area (Å²) in [6.45, 7) is 6.22. The van der Waals surface area contributed by atoms with Gasteiger partial charge < -0.3 is 15.2 Å². The highest BCUT2D eigenvalue weighted by Gasteiger charge is 2.05. The van der Waals surface area contributed by atoms with Gasteiger partial charge in [-0.3, -0.25) is 0 Å². The van der Waals surface area contributed by atoms with Gasteiger partial charge in [-0.25, -0.2) is 0 Å². The summed E-state index contributed by atoms with van der Waals surface area (Å²) in [5, 5.41) is 12.5. The molecule has 0 heterocycles. The highest BCUT2D eigenvalue weighted by molar-refractivity contribution is 5.38. The Balaban J connectivity index is 2.04. The molecule has 0 unspecified atom stereocenters. The molecule has 0 fully saturated rings. The summed E-state index contributed by atoms with van der Waals surface area (Å²) in [6.07, 6.45) is 0. The zero-order valence-electron chi connectivity index (χ0n) is 12.7. The maximum absolute atomic E-state index is 9.06. The Morgan fingerprint density at radius 2 is 1.76 bits per heavy atom. The van der Waals surface area contributed by atoms with Gasteiger partial charge in [0.1, 0.15) is 11.5 Å². The first kappa shape index (κ1) is 15.5. The van der Waals surface area contributed by atoms with Crippen molar-refractivity contribution < 1.29 is 9.84 Å². The topological polar surface area (TPSA) is 41.5 Å². The molecule has 0 aromatic heterocycles. The molecule has 2 N–H and O–H groups in total. The lowest BCUT2D eigenvalue weighted by Gasteiger charge is -2.13. The second-order valence-corrected chi connectivity index (χ2v) is 5.54. The van der Waals surface area contributed by atoms with Crippen LogP contribution in [-0.2, 0) is 13.2 Å². The van der Waals surface area contributed by atoms with Gasteiger partial charge >= 0.3 is 0 Å². The van der Waals surface area contributed by atoms with Crippen LogP contribution in [0.5, 0.6) is 11.5 Å². The summed E-state index contributed by atoms with van der Waals surface area (Å²) in [4.78, 5) is 0. The Morgan fingerprint density at radius 1 is 1.05 bits per heavy atom. The molecule has 0 spiro atoms. The minimum atomic E-state index is 0.0516. The lowest BCUT2D eigenvalue weighted by atomic mass is 10.1. The van der Waals surface area contributed by atoms with Crippen LogP contribution >= 0.6 is 0 Å². The number of ether oxygens (including phenoxy) is 1. The molecule has 0 aliphatic rings. The van der Waals surface area contributed by atoms with E-state index in [-0.39, 0.29) is 6.61 Å². The number of hydrogen-bond acceptors (Lipinski definition) is 3. The SMILES string of the molecule is CC(C)CNCc1ccccc1Oc1ccc(CO)cc1. The van der Waals surface area contributed by atoms with Crippen molar-refractivity contribution in [1.82, 2.24) is 5.32 Å². The maximum atomic E-state index is 9.06. The van der Waals surface area contributed by atoms with E-state index in [1.54, 1.807) is 0 Å². The van der Waals surface area contributed by atoms with Gasteiger partial charge in [-0.2, -0.15) is 0 Å². The molecular formula is C18H23NO2. The van der Waals surface area contributed by atoms with Gasteiger partial charge in [0.05, 0.1) is 6.61 Å². The Hall–Kier alpha value is -1.84. The van der Waals surface area contributed by atoms with E-state index in [1.807, 2.05) is 42.5 Å². The molecule has 0 atom stereocenters. The van der Waals surface area contributed by atoms with Gasteiger partial charge in [-0.1, -0.05) is 44.2 Å². The molecule has 0 bridgehead atoms. The third-order valence-corrected chi connectivity index (χ3v) is 3.17. The first-order valence-corrected chi connectivity index (χ1v) is 7.35. The molecule has 3 nitrogen and oxygen atoms in total. The van der Waals surface area contributed by atoms with Gasteiger partial charge in [-0.05, 0) is 36.2 Å². The van der Waals surface area contributed by atoms with E-state index in [2.05, 4.69) is 25.2 Å². The molecule has 0 amide bonds. The quantitative estimate of drug-likeness (QED) is 0.814. The van der Waals surface area contributed by atoms with Crippen LogP contribution in [0.1, 0.15) is 25.0 Å². The summed E-state index contributed by atoms with van der Waals surface area (Å²) in [5.41, 5.74) is 2.03. The Kier molecular flexibility index (Phi) is 5.78. The maximum Gasteiger partial charge on any atom is 0.131 e. The Labute approximate surface area is 126 Å². The van der Waals surface area contributed by atoms with E-state index in [1.165, 1.54) is 0 Å². The van der Waals surface area contributed by atoms with Crippen molar-refractivity contribution in [3.63, 3.8) is 0 Å². The second-order valence-electron chi connectivity index (χ2n) is 5.54. The summed E-state index contributed by atoms with van der Waals surface area (Å²) in [7, 11) is 0. The van der Waals surface area contributed by atoms with Crippen LogP contribution < -0.4 is 10.1 Å². The second kappa shape index (κ2) is 7.81. The number of aliphatic hydroxyl groups is 1. The fourth-order valence-corrected chi connectivity index (χ4v) is 2.03. The summed E-state index contributed by atoms with van der Waals surface area (Å²) in [6, 6.07) is 15.5. The van der Waals surface area contributed by atoms with E-state index in [0.717, 1.165) is 35.7 Å². The van der Waals surface area contributed by atoms with E-state index < -0.39 is 0 Å². The monoisotopic (exact) mass is 285 g/mol. The van der Waals surface area contributed by atoms with Crippen LogP contribution in [0.2, 0.25) is 0 Å². The molecule has 0 aliphatic carbocycles. The number of nitrogens with one attached hydrogen (secondary N) is 1. The summed E-state index contributed by atoms with van der Waals surface area (Å²) < 4.78 is 5.94. The largest absolute Gasteiger partial charge is 0.457 e. The van der Waals surface area contributed by atoms with Crippen molar-refractivity contribution in [3.05, 3.63) is 59.7 Å². The number of aliphatic hydroxyl groups excluding tert-OH is 1. The van der Waals surface area contributed by atoms with Crippen molar-refractivity contribution in [2.45, 2.75) is 27.0 Å². The van der Waals surface area contributed by atoms with Crippen molar-refractivity contribution >= 4 is 0 Å². The molecule has 2 rings (SSSR count). The highest BCUT2D eigenvalue weighted by Crippen LogP contribution is 2.25. The number of hydrogen-bond donors (Lipinski definition) is 2. The standard InChI is InChI=1S/C18H23NO2/c1-14(2)11-19-12-16-5-3-4-6-18(16)21-17-9-7-15(13-20)8-10-17/h3-10,14,19-20H,11-13H2,1-2H3. The zero-order chi connectivity index (χ0) is 15.1. The van der Waals surface area contributed by atoms with Crippen LogP contribution in [-0.4, -0.2) is 11.7 Å². The van der Waals surface area contributed by atoms with Gasteiger partial charge in [0, 0.05) is 12.1 Å². The fourth-order valence-electron chi connectivity index (χ4n) is 2.03. The number of rotatable bonds is 7. The lowest BCUT2D eigenvalue weighted by Crippen LogP contribution is -2.19.